The van der Waals surface area contributed by atoms with E-state index in [1.54, 1.807) is 40.3 Å². The average Bonchev–Trinajstić information content (AvgIpc) is 3.46. The number of benzene rings is 2. The van der Waals surface area contributed by atoms with E-state index in [0.717, 1.165) is 38.4 Å². The van der Waals surface area contributed by atoms with Crippen molar-refractivity contribution < 1.29 is 9.90 Å². The summed E-state index contributed by atoms with van der Waals surface area (Å²) in [5, 5.41) is 13.6. The molecule has 0 saturated heterocycles. The molecule has 8 heteroatoms. The molecule has 0 bridgehead atoms. The zero-order valence-electron chi connectivity index (χ0n) is 15.3. The lowest BCUT2D eigenvalue weighted by Crippen LogP contribution is -1.95. The van der Waals surface area contributed by atoms with Gasteiger partial charge in [-0.15, -0.1) is 11.3 Å². The van der Waals surface area contributed by atoms with Gasteiger partial charge >= 0.3 is 5.97 Å². The molecule has 0 fully saturated rings. The van der Waals surface area contributed by atoms with Gasteiger partial charge in [-0.25, -0.2) is 14.8 Å². The number of nitrogens with one attached hydrogen (secondary N) is 1. The topological polar surface area (TPSA) is 96.7 Å². The van der Waals surface area contributed by atoms with Gasteiger partial charge in [-0.05, 0) is 30.3 Å². The van der Waals surface area contributed by atoms with Gasteiger partial charge < -0.3 is 10.1 Å². The Hall–Kier alpha value is -3.78. The summed E-state index contributed by atoms with van der Waals surface area (Å²) in [5.41, 5.74) is 7.18. The number of fused-ring (bicyclic) bond motifs is 1. The van der Waals surface area contributed by atoms with Crippen molar-refractivity contribution in [3.63, 3.8) is 0 Å². The number of aryl methyl sites for hydroxylation is 1. The van der Waals surface area contributed by atoms with Gasteiger partial charge in [0.2, 0.25) is 0 Å². The second kappa shape index (κ2) is 6.68. The summed E-state index contributed by atoms with van der Waals surface area (Å²) in [4.78, 5) is 23.7. The van der Waals surface area contributed by atoms with Crippen molar-refractivity contribution >= 4 is 27.5 Å². The smallest absolute Gasteiger partial charge is 0.335 e. The number of H-pyrrole nitrogens is 1. The Labute approximate surface area is 169 Å². The van der Waals surface area contributed by atoms with E-state index in [1.165, 1.54) is 0 Å². The molecule has 2 aromatic carbocycles. The zero-order chi connectivity index (χ0) is 20.0. The molecule has 0 aliphatic rings. The number of carboxylic acids is 1. The quantitative estimate of drug-likeness (QED) is 0.464. The van der Waals surface area contributed by atoms with Crippen LogP contribution in [0.15, 0.2) is 60.2 Å². The molecule has 0 aliphatic carbocycles. The SMILES string of the molecule is Cn1ccc(-c2nc(-c3ccc(C(=O)O)cc3)[nH]c2-c2ccc3ncsc3c2)n1. The van der Waals surface area contributed by atoms with Crippen molar-refractivity contribution in [3.05, 3.63) is 65.8 Å². The van der Waals surface area contributed by atoms with Gasteiger partial charge in [0.05, 0.1) is 27.0 Å². The fraction of sp³-hybridized carbons (Fsp3) is 0.0476. The molecule has 2 N–H and O–H groups in total. The molecular weight excluding hydrogens is 386 g/mol. The number of thiazole rings is 1. The van der Waals surface area contributed by atoms with Crippen molar-refractivity contribution in [1.82, 2.24) is 24.7 Å². The Bertz CT molecular complexity index is 1350. The van der Waals surface area contributed by atoms with Crippen LogP contribution in [0, 0.1) is 0 Å². The van der Waals surface area contributed by atoms with Crippen LogP contribution in [0.4, 0.5) is 0 Å². The Morgan fingerprint density at radius 3 is 2.62 bits per heavy atom. The molecule has 7 nitrogen and oxygen atoms in total. The third-order valence-electron chi connectivity index (χ3n) is 4.69. The zero-order valence-corrected chi connectivity index (χ0v) is 16.1. The summed E-state index contributed by atoms with van der Waals surface area (Å²) >= 11 is 1.59. The van der Waals surface area contributed by atoms with Gasteiger partial charge in [0, 0.05) is 24.4 Å². The molecule has 0 aliphatic heterocycles. The number of rotatable bonds is 4. The van der Waals surface area contributed by atoms with E-state index >= 15 is 0 Å². The highest BCUT2D eigenvalue weighted by Crippen LogP contribution is 2.34. The van der Waals surface area contributed by atoms with E-state index in [2.05, 4.69) is 21.1 Å². The summed E-state index contributed by atoms with van der Waals surface area (Å²) < 4.78 is 2.83. The van der Waals surface area contributed by atoms with E-state index in [-0.39, 0.29) is 5.56 Å². The second-order valence-corrected chi connectivity index (χ2v) is 7.49. The molecule has 3 aromatic heterocycles. The van der Waals surface area contributed by atoms with Crippen LogP contribution in [0.3, 0.4) is 0 Å². The van der Waals surface area contributed by atoms with Gasteiger partial charge in [-0.3, -0.25) is 4.68 Å². The molecule has 0 radical (unpaired) electrons. The van der Waals surface area contributed by atoms with Crippen LogP contribution in [0.1, 0.15) is 10.4 Å². The summed E-state index contributed by atoms with van der Waals surface area (Å²) in [6.07, 6.45) is 1.88. The van der Waals surface area contributed by atoms with E-state index in [0.29, 0.717) is 5.82 Å². The number of hydrogen-bond donors (Lipinski definition) is 2. The molecule has 5 rings (SSSR count). The summed E-state index contributed by atoms with van der Waals surface area (Å²) in [5.74, 6) is -0.300. The lowest BCUT2D eigenvalue weighted by molar-refractivity contribution is 0.0697. The fourth-order valence-corrected chi connectivity index (χ4v) is 3.94. The summed E-state index contributed by atoms with van der Waals surface area (Å²) in [7, 11) is 1.87. The maximum absolute atomic E-state index is 11.1. The largest absolute Gasteiger partial charge is 0.478 e. The summed E-state index contributed by atoms with van der Waals surface area (Å²) in [6, 6.07) is 14.7. The molecular formula is C21H15N5O2S. The van der Waals surface area contributed by atoms with Crippen molar-refractivity contribution in [3.8, 4) is 34.0 Å². The van der Waals surface area contributed by atoms with E-state index in [4.69, 9.17) is 10.1 Å². The van der Waals surface area contributed by atoms with Crippen molar-refractivity contribution in [2.24, 2.45) is 7.05 Å². The molecule has 0 unspecified atom stereocenters. The third-order valence-corrected chi connectivity index (χ3v) is 5.48. The predicted octanol–water partition coefficient (Wildman–Crippen LogP) is 4.45. The minimum absolute atomic E-state index is 0.237. The molecule has 0 atom stereocenters. The molecule has 3 heterocycles. The van der Waals surface area contributed by atoms with Crippen molar-refractivity contribution in [2.75, 3.05) is 0 Å². The monoisotopic (exact) mass is 401 g/mol. The number of carbonyl (C=O) groups is 1. The first kappa shape index (κ1) is 17.3. The van der Waals surface area contributed by atoms with Crippen LogP contribution in [-0.4, -0.2) is 35.8 Å². The first-order valence-electron chi connectivity index (χ1n) is 8.86. The van der Waals surface area contributed by atoms with Crippen LogP contribution < -0.4 is 0 Å². The maximum Gasteiger partial charge on any atom is 0.335 e. The number of imidazole rings is 1. The first-order chi connectivity index (χ1) is 14.1. The summed E-state index contributed by atoms with van der Waals surface area (Å²) in [6.45, 7) is 0. The lowest BCUT2D eigenvalue weighted by atomic mass is 10.1. The Morgan fingerprint density at radius 2 is 1.90 bits per heavy atom. The standard InChI is InChI=1S/C21H15N5O2S/c1-26-9-8-16(25-26)19-18(14-6-7-15-17(10-14)29-11-22-15)23-20(24-19)12-2-4-13(5-3-12)21(27)28/h2-11H,1H3,(H,23,24)(H,27,28). The number of aromatic nitrogens is 5. The van der Waals surface area contributed by atoms with Gasteiger partial charge in [-0.1, -0.05) is 18.2 Å². The van der Waals surface area contributed by atoms with Crippen LogP contribution >= 0.6 is 11.3 Å². The Kier molecular flexibility index (Phi) is 3.99. The molecule has 0 amide bonds. The number of aromatic amines is 1. The highest BCUT2D eigenvalue weighted by Gasteiger charge is 2.18. The van der Waals surface area contributed by atoms with Gasteiger partial charge in [0.25, 0.3) is 0 Å². The Balaban J connectivity index is 1.67. The van der Waals surface area contributed by atoms with E-state index in [9.17, 15) is 4.79 Å². The molecule has 0 spiro atoms. The van der Waals surface area contributed by atoms with Gasteiger partial charge in [0.1, 0.15) is 17.2 Å². The highest BCUT2D eigenvalue weighted by atomic mass is 32.1. The minimum atomic E-state index is -0.955. The van der Waals surface area contributed by atoms with Crippen LogP contribution in [0.5, 0.6) is 0 Å². The number of hydrogen-bond acceptors (Lipinski definition) is 5. The molecule has 5 aromatic rings. The van der Waals surface area contributed by atoms with Crippen LogP contribution in [-0.2, 0) is 7.05 Å². The van der Waals surface area contributed by atoms with Gasteiger partial charge in [0.15, 0.2) is 0 Å². The molecule has 29 heavy (non-hydrogen) atoms. The minimum Gasteiger partial charge on any atom is -0.478 e. The third kappa shape index (κ3) is 3.09. The normalized spacial score (nSPS) is 11.2. The maximum atomic E-state index is 11.1. The van der Waals surface area contributed by atoms with Crippen LogP contribution in [0.25, 0.3) is 44.2 Å². The highest BCUT2D eigenvalue weighted by molar-refractivity contribution is 7.16. The van der Waals surface area contributed by atoms with Gasteiger partial charge in [-0.2, -0.15) is 5.10 Å². The fourth-order valence-electron chi connectivity index (χ4n) is 3.23. The predicted molar refractivity (Wildman–Crippen MR) is 112 cm³/mol. The lowest BCUT2D eigenvalue weighted by Gasteiger charge is -2.01. The van der Waals surface area contributed by atoms with E-state index < -0.39 is 5.97 Å². The number of aromatic carboxylic acids is 1. The molecule has 0 saturated carbocycles. The molecule has 142 valence electrons. The second-order valence-electron chi connectivity index (χ2n) is 6.60. The first-order valence-corrected chi connectivity index (χ1v) is 9.74. The number of nitrogens with zero attached hydrogens (tertiary/aromatic N) is 4. The van der Waals surface area contributed by atoms with Crippen molar-refractivity contribution in [2.45, 2.75) is 0 Å². The van der Waals surface area contributed by atoms with Crippen LogP contribution in [0.2, 0.25) is 0 Å². The average molecular weight is 401 g/mol. The van der Waals surface area contributed by atoms with E-state index in [1.807, 2.05) is 37.0 Å². The Morgan fingerprint density at radius 1 is 1.10 bits per heavy atom. The number of carboxylic acid groups (broad SMARTS) is 1. The van der Waals surface area contributed by atoms with Crippen molar-refractivity contribution in [1.29, 1.82) is 0 Å².